The monoisotopic (exact) mass is 238 g/mol. The van der Waals surface area contributed by atoms with Crippen LogP contribution in [0.25, 0.3) is 0 Å². The fourth-order valence-electron chi connectivity index (χ4n) is 3.61. The van der Waals surface area contributed by atoms with E-state index in [4.69, 9.17) is 0 Å². The molecule has 2 bridgehead atoms. The summed E-state index contributed by atoms with van der Waals surface area (Å²) < 4.78 is 0. The summed E-state index contributed by atoms with van der Waals surface area (Å²) >= 11 is 0. The second kappa shape index (κ2) is 5.47. The van der Waals surface area contributed by atoms with Crippen molar-refractivity contribution in [2.24, 2.45) is 28.0 Å². The van der Waals surface area contributed by atoms with Crippen LogP contribution >= 0.6 is 0 Å². The minimum Gasteiger partial charge on any atom is -0.368 e. The van der Waals surface area contributed by atoms with Gasteiger partial charge in [-0.25, -0.2) is 0 Å². The Kier molecular flexibility index (Phi) is 4.18. The van der Waals surface area contributed by atoms with Crippen molar-refractivity contribution >= 4 is 0 Å². The first-order valence-electron chi connectivity index (χ1n) is 7.24. The minimum atomic E-state index is -0.911. The molecule has 0 aromatic heterocycles. The van der Waals surface area contributed by atoms with E-state index < -0.39 is 5.72 Å². The Morgan fingerprint density at radius 3 is 2.65 bits per heavy atom. The van der Waals surface area contributed by atoms with Crippen molar-refractivity contribution in [2.75, 3.05) is 6.54 Å². The predicted molar refractivity (Wildman–Crippen MR) is 68.8 cm³/mol. The van der Waals surface area contributed by atoms with Gasteiger partial charge in [0.25, 0.3) is 0 Å². The van der Waals surface area contributed by atoms with E-state index in [-0.39, 0.29) is 0 Å². The van der Waals surface area contributed by atoms with Gasteiger partial charge in [0.05, 0.1) is 6.54 Å². The van der Waals surface area contributed by atoms with Gasteiger partial charge < -0.3 is 5.11 Å². The van der Waals surface area contributed by atoms with Crippen molar-refractivity contribution in [3.8, 4) is 0 Å². The Balaban J connectivity index is 1.81. The van der Waals surface area contributed by atoms with E-state index in [0.717, 1.165) is 25.3 Å². The number of hydrogen-bond donors (Lipinski definition) is 1. The maximum atomic E-state index is 10.4. The smallest absolute Gasteiger partial charge is 0.176 e. The van der Waals surface area contributed by atoms with Crippen molar-refractivity contribution < 1.29 is 5.11 Å². The molecule has 1 N–H and O–H groups in total. The van der Waals surface area contributed by atoms with Crippen LogP contribution in [-0.4, -0.2) is 17.4 Å². The molecule has 2 fully saturated rings. The summed E-state index contributed by atoms with van der Waals surface area (Å²) in [5.41, 5.74) is -0.911. The number of nitrogens with zero attached hydrogens (tertiary/aromatic N) is 2. The lowest BCUT2D eigenvalue weighted by molar-refractivity contribution is -0.0232. The Bertz CT molecular complexity index is 275. The van der Waals surface area contributed by atoms with Crippen LogP contribution in [0.15, 0.2) is 10.2 Å². The normalized spacial score (nSPS) is 35.6. The number of hydrogen-bond acceptors (Lipinski definition) is 3. The molecule has 3 heteroatoms. The summed E-state index contributed by atoms with van der Waals surface area (Å²) in [5, 5.41) is 18.8. The molecule has 2 aliphatic carbocycles. The van der Waals surface area contributed by atoms with Crippen molar-refractivity contribution in [2.45, 2.75) is 64.5 Å². The molecule has 0 aliphatic heterocycles. The molecule has 0 aromatic carbocycles. The second-order valence-corrected chi connectivity index (χ2v) is 6.05. The highest BCUT2D eigenvalue weighted by atomic mass is 16.3. The summed E-state index contributed by atoms with van der Waals surface area (Å²) in [5.74, 6) is 1.91. The molecule has 2 aliphatic rings. The third kappa shape index (κ3) is 3.06. The van der Waals surface area contributed by atoms with E-state index in [1.165, 1.54) is 32.1 Å². The van der Waals surface area contributed by atoms with Crippen molar-refractivity contribution in [3.63, 3.8) is 0 Å². The molecular formula is C14H26N2O. The van der Waals surface area contributed by atoms with E-state index in [1.54, 1.807) is 0 Å². The molecule has 2 saturated carbocycles. The molecule has 3 nitrogen and oxygen atoms in total. The van der Waals surface area contributed by atoms with Crippen LogP contribution in [0.2, 0.25) is 0 Å². The molecule has 0 amide bonds. The molecule has 0 aromatic rings. The molecule has 0 heterocycles. The Labute approximate surface area is 105 Å². The summed E-state index contributed by atoms with van der Waals surface area (Å²) in [6.07, 6.45) is 8.62. The average Bonchev–Trinajstić information content (AvgIpc) is 2.90. The summed E-state index contributed by atoms with van der Waals surface area (Å²) in [7, 11) is 0. The van der Waals surface area contributed by atoms with Gasteiger partial charge in [-0.2, -0.15) is 10.2 Å². The van der Waals surface area contributed by atoms with Gasteiger partial charge in [0.2, 0.25) is 0 Å². The molecule has 2 rings (SSSR count). The van der Waals surface area contributed by atoms with Gasteiger partial charge in [-0.05, 0) is 44.4 Å². The summed E-state index contributed by atoms with van der Waals surface area (Å²) in [6, 6.07) is 0. The average molecular weight is 238 g/mol. The van der Waals surface area contributed by atoms with Crippen LogP contribution < -0.4 is 0 Å². The van der Waals surface area contributed by atoms with Crippen molar-refractivity contribution in [1.29, 1.82) is 0 Å². The van der Waals surface area contributed by atoms with Crippen LogP contribution in [0.1, 0.15) is 58.8 Å². The van der Waals surface area contributed by atoms with Crippen LogP contribution in [-0.2, 0) is 0 Å². The highest BCUT2D eigenvalue weighted by molar-refractivity contribution is 4.96. The van der Waals surface area contributed by atoms with Crippen molar-refractivity contribution in [1.82, 2.24) is 0 Å². The van der Waals surface area contributed by atoms with Gasteiger partial charge in [-0.3, -0.25) is 0 Å². The van der Waals surface area contributed by atoms with Gasteiger partial charge in [-0.15, -0.1) is 0 Å². The maximum absolute atomic E-state index is 10.4. The highest BCUT2D eigenvalue weighted by Gasteiger charge is 2.48. The number of fused-ring (bicyclic) bond motifs is 2. The molecule has 0 radical (unpaired) electrons. The molecule has 17 heavy (non-hydrogen) atoms. The van der Waals surface area contributed by atoms with E-state index in [1.807, 2.05) is 6.92 Å². The van der Waals surface area contributed by atoms with Gasteiger partial charge in [0.1, 0.15) is 0 Å². The molecule has 0 spiro atoms. The van der Waals surface area contributed by atoms with Crippen LogP contribution in [0.4, 0.5) is 0 Å². The Morgan fingerprint density at radius 2 is 2.06 bits per heavy atom. The second-order valence-electron chi connectivity index (χ2n) is 6.05. The van der Waals surface area contributed by atoms with Gasteiger partial charge in [0.15, 0.2) is 5.72 Å². The number of rotatable bonds is 6. The third-order valence-corrected chi connectivity index (χ3v) is 4.58. The lowest BCUT2D eigenvalue weighted by Crippen LogP contribution is -2.35. The van der Waals surface area contributed by atoms with E-state index in [9.17, 15) is 5.11 Å². The first kappa shape index (κ1) is 13.0. The first-order valence-corrected chi connectivity index (χ1v) is 7.24. The van der Waals surface area contributed by atoms with Gasteiger partial charge >= 0.3 is 0 Å². The lowest BCUT2D eigenvalue weighted by atomic mass is 9.82. The van der Waals surface area contributed by atoms with Crippen LogP contribution in [0.5, 0.6) is 0 Å². The minimum absolute atomic E-state index is 0.358. The molecule has 0 saturated heterocycles. The quantitative estimate of drug-likeness (QED) is 0.555. The molecule has 4 atom stereocenters. The Morgan fingerprint density at radius 1 is 1.24 bits per heavy atom. The molecule has 4 unspecified atom stereocenters. The zero-order chi connectivity index (χ0) is 12.3. The standard InChI is InChI=1S/C14H26N2O/c1-3-4-5-8-15-16-14(2,17)13-10-11-6-7-12(13)9-11/h11-13,17H,3-10H2,1-2H3. The van der Waals surface area contributed by atoms with Crippen LogP contribution in [0.3, 0.4) is 0 Å². The number of aliphatic hydroxyl groups is 1. The van der Waals surface area contributed by atoms with Gasteiger partial charge in [-0.1, -0.05) is 26.2 Å². The van der Waals surface area contributed by atoms with Crippen molar-refractivity contribution in [3.05, 3.63) is 0 Å². The largest absolute Gasteiger partial charge is 0.368 e. The fourth-order valence-corrected chi connectivity index (χ4v) is 3.61. The number of unbranched alkanes of at least 4 members (excludes halogenated alkanes) is 2. The zero-order valence-corrected chi connectivity index (χ0v) is 11.2. The maximum Gasteiger partial charge on any atom is 0.176 e. The summed E-state index contributed by atoms with van der Waals surface area (Å²) in [6.45, 7) is 4.80. The predicted octanol–water partition coefficient (Wildman–Crippen LogP) is 3.77. The highest BCUT2D eigenvalue weighted by Crippen LogP contribution is 2.52. The van der Waals surface area contributed by atoms with E-state index >= 15 is 0 Å². The fraction of sp³-hybridized carbons (Fsp3) is 1.00. The Hall–Kier alpha value is -0.440. The third-order valence-electron chi connectivity index (χ3n) is 4.58. The van der Waals surface area contributed by atoms with Gasteiger partial charge in [0, 0.05) is 5.92 Å². The lowest BCUT2D eigenvalue weighted by Gasteiger charge is -2.31. The van der Waals surface area contributed by atoms with E-state index in [2.05, 4.69) is 17.2 Å². The van der Waals surface area contributed by atoms with E-state index in [0.29, 0.717) is 11.8 Å². The number of azo groups is 1. The summed E-state index contributed by atoms with van der Waals surface area (Å²) in [4.78, 5) is 0. The molecular weight excluding hydrogens is 212 g/mol. The molecule has 98 valence electrons. The topological polar surface area (TPSA) is 45.0 Å². The zero-order valence-electron chi connectivity index (χ0n) is 11.2. The SMILES string of the molecule is CCCCCN=NC(C)(O)C1CC2CCC1C2. The van der Waals surface area contributed by atoms with Crippen LogP contribution in [0, 0.1) is 17.8 Å². The first-order chi connectivity index (χ1) is 8.13.